The molecule has 2 aromatic heterocycles. The molecular formula is C26H20Cl2FN5O2. The van der Waals surface area contributed by atoms with Crippen LogP contribution < -0.4 is 20.1 Å². The third-order valence-electron chi connectivity index (χ3n) is 5.74. The van der Waals surface area contributed by atoms with E-state index in [0.29, 0.717) is 56.4 Å². The normalized spacial score (nSPS) is 13.2. The molecule has 36 heavy (non-hydrogen) atoms. The van der Waals surface area contributed by atoms with Gasteiger partial charge in [-0.05, 0) is 30.3 Å². The Labute approximate surface area is 216 Å². The van der Waals surface area contributed by atoms with Gasteiger partial charge in [-0.25, -0.2) is 9.37 Å². The van der Waals surface area contributed by atoms with Gasteiger partial charge in [-0.1, -0.05) is 29.3 Å². The van der Waals surface area contributed by atoms with Gasteiger partial charge in [0, 0.05) is 42.7 Å². The van der Waals surface area contributed by atoms with Crippen LogP contribution in [0.15, 0.2) is 54.7 Å². The summed E-state index contributed by atoms with van der Waals surface area (Å²) in [6.07, 6.45) is 1.44. The number of pyridine rings is 2. The first-order valence-electron chi connectivity index (χ1n) is 11.2. The van der Waals surface area contributed by atoms with Crippen LogP contribution in [-0.2, 0) is 6.61 Å². The maximum atomic E-state index is 14.9. The van der Waals surface area contributed by atoms with E-state index in [4.69, 9.17) is 32.7 Å². The van der Waals surface area contributed by atoms with Crippen LogP contribution in [0, 0.1) is 23.1 Å². The minimum Gasteiger partial charge on any atom is -0.490 e. The summed E-state index contributed by atoms with van der Waals surface area (Å²) in [6, 6.07) is 15.4. The number of nitrogens with zero attached hydrogens (tertiary/aromatic N) is 3. The third-order valence-corrected chi connectivity index (χ3v) is 6.27. The first-order chi connectivity index (χ1) is 17.5. The number of ether oxygens (including phenoxy) is 2. The summed E-state index contributed by atoms with van der Waals surface area (Å²) >= 11 is 12.4. The number of anilines is 2. The van der Waals surface area contributed by atoms with Crippen molar-refractivity contribution in [1.29, 1.82) is 5.26 Å². The Morgan fingerprint density at radius 1 is 1.14 bits per heavy atom. The number of nitrogens with one attached hydrogen (secondary N) is 2. The highest BCUT2D eigenvalue weighted by molar-refractivity contribution is 6.33. The summed E-state index contributed by atoms with van der Waals surface area (Å²) in [5.41, 5.74) is 2.34. The van der Waals surface area contributed by atoms with E-state index >= 15 is 0 Å². The zero-order valence-electron chi connectivity index (χ0n) is 18.9. The molecule has 10 heteroatoms. The van der Waals surface area contributed by atoms with Gasteiger partial charge in [-0.2, -0.15) is 5.26 Å². The van der Waals surface area contributed by atoms with E-state index in [1.54, 1.807) is 36.4 Å². The second kappa shape index (κ2) is 10.5. The average molecular weight is 524 g/mol. The van der Waals surface area contributed by atoms with Crippen molar-refractivity contribution >= 4 is 45.5 Å². The summed E-state index contributed by atoms with van der Waals surface area (Å²) in [7, 11) is 0. The van der Waals surface area contributed by atoms with Crippen molar-refractivity contribution in [2.75, 3.05) is 25.0 Å². The van der Waals surface area contributed by atoms with Gasteiger partial charge >= 0.3 is 0 Å². The van der Waals surface area contributed by atoms with Crippen LogP contribution in [0.25, 0.3) is 10.9 Å². The molecule has 0 unspecified atom stereocenters. The van der Waals surface area contributed by atoms with Crippen LogP contribution >= 0.6 is 23.2 Å². The zero-order chi connectivity index (χ0) is 25.1. The Morgan fingerprint density at radius 3 is 2.72 bits per heavy atom. The number of halogens is 3. The number of nitriles is 1. The summed E-state index contributed by atoms with van der Waals surface area (Å²) in [6.45, 7) is 2.36. The Hall–Kier alpha value is -3.64. The van der Waals surface area contributed by atoms with E-state index in [9.17, 15) is 9.65 Å². The molecule has 0 radical (unpaired) electrons. The van der Waals surface area contributed by atoms with Crippen molar-refractivity contribution in [2.45, 2.75) is 6.61 Å². The van der Waals surface area contributed by atoms with Crippen LogP contribution in [-0.4, -0.2) is 29.7 Å². The maximum absolute atomic E-state index is 14.9. The van der Waals surface area contributed by atoms with Gasteiger partial charge in [0.1, 0.15) is 23.6 Å². The van der Waals surface area contributed by atoms with E-state index in [1.165, 1.54) is 12.3 Å². The Morgan fingerprint density at radius 2 is 2.00 bits per heavy atom. The van der Waals surface area contributed by atoms with Crippen LogP contribution in [0.3, 0.4) is 0 Å². The van der Waals surface area contributed by atoms with Crippen LogP contribution in [0.4, 0.5) is 15.8 Å². The van der Waals surface area contributed by atoms with Gasteiger partial charge in [0.15, 0.2) is 11.6 Å². The molecule has 0 spiro atoms. The zero-order valence-corrected chi connectivity index (χ0v) is 20.4. The van der Waals surface area contributed by atoms with Gasteiger partial charge in [0.2, 0.25) is 0 Å². The monoisotopic (exact) mass is 523 g/mol. The molecule has 182 valence electrons. The van der Waals surface area contributed by atoms with Crippen molar-refractivity contribution in [2.24, 2.45) is 5.92 Å². The highest BCUT2D eigenvalue weighted by Crippen LogP contribution is 2.36. The van der Waals surface area contributed by atoms with E-state index in [-0.39, 0.29) is 17.9 Å². The molecule has 0 saturated carbocycles. The standard InChI is InChI=1S/C26H20Cl2FN5O2/c27-20-6-18(35-14-17-2-1-3-25(28)33-17)4-5-22(20)34-26-16(9-30)12-32-23-8-24(21(29)7-19(23)26)36-13-15-10-31-11-15/h1-8,12,15,31H,10-11,13-14H2,(H,32,34). The predicted molar refractivity (Wildman–Crippen MR) is 137 cm³/mol. The van der Waals surface area contributed by atoms with Gasteiger partial charge < -0.3 is 20.1 Å². The van der Waals surface area contributed by atoms with E-state index in [1.807, 2.05) is 6.07 Å². The molecule has 1 aliphatic heterocycles. The molecule has 1 aliphatic rings. The molecular weight excluding hydrogens is 504 g/mol. The molecule has 4 aromatic rings. The summed E-state index contributed by atoms with van der Waals surface area (Å²) in [4.78, 5) is 8.51. The molecule has 1 fully saturated rings. The lowest BCUT2D eigenvalue weighted by molar-refractivity contribution is 0.193. The van der Waals surface area contributed by atoms with Crippen molar-refractivity contribution < 1.29 is 13.9 Å². The van der Waals surface area contributed by atoms with E-state index in [2.05, 4.69) is 26.7 Å². The predicted octanol–water partition coefficient (Wildman–Crippen LogP) is 5.87. The minimum atomic E-state index is -0.529. The Kier molecular flexibility index (Phi) is 7.05. The second-order valence-corrected chi connectivity index (χ2v) is 9.10. The Bertz CT molecular complexity index is 1470. The molecule has 0 aliphatic carbocycles. The minimum absolute atomic E-state index is 0.131. The number of hydrogen-bond acceptors (Lipinski definition) is 7. The quantitative estimate of drug-likeness (QED) is 0.279. The molecule has 7 nitrogen and oxygen atoms in total. The first kappa shape index (κ1) is 24.1. The number of aromatic nitrogens is 2. The molecule has 2 aromatic carbocycles. The number of rotatable bonds is 8. The summed E-state index contributed by atoms with van der Waals surface area (Å²) in [5, 5.41) is 17.1. The highest BCUT2D eigenvalue weighted by Gasteiger charge is 2.19. The van der Waals surface area contributed by atoms with Crippen molar-refractivity contribution in [3.8, 4) is 17.6 Å². The second-order valence-electron chi connectivity index (χ2n) is 8.30. The van der Waals surface area contributed by atoms with Gasteiger partial charge in [-0.15, -0.1) is 0 Å². The molecule has 3 heterocycles. The van der Waals surface area contributed by atoms with Crippen molar-refractivity contribution in [3.63, 3.8) is 0 Å². The van der Waals surface area contributed by atoms with Crippen molar-refractivity contribution in [3.05, 3.63) is 82.0 Å². The molecule has 0 bridgehead atoms. The van der Waals surface area contributed by atoms with E-state index < -0.39 is 5.82 Å². The topological polar surface area (TPSA) is 92.1 Å². The fraction of sp³-hybridized carbons (Fsp3) is 0.192. The highest BCUT2D eigenvalue weighted by atomic mass is 35.5. The summed E-state index contributed by atoms with van der Waals surface area (Å²) in [5.74, 6) is 0.495. The van der Waals surface area contributed by atoms with E-state index in [0.717, 1.165) is 13.1 Å². The molecule has 2 N–H and O–H groups in total. The molecule has 0 atom stereocenters. The molecule has 0 amide bonds. The van der Waals surface area contributed by atoms with Gasteiger partial charge in [0.25, 0.3) is 0 Å². The number of benzene rings is 2. The average Bonchev–Trinajstić information content (AvgIpc) is 2.84. The van der Waals surface area contributed by atoms with Crippen LogP contribution in [0.5, 0.6) is 11.5 Å². The van der Waals surface area contributed by atoms with Crippen molar-refractivity contribution in [1.82, 2.24) is 15.3 Å². The van der Waals surface area contributed by atoms with Gasteiger partial charge in [0.05, 0.1) is 39.8 Å². The lowest BCUT2D eigenvalue weighted by Crippen LogP contribution is -2.45. The lowest BCUT2D eigenvalue weighted by Gasteiger charge is -2.26. The van der Waals surface area contributed by atoms with Crippen LogP contribution in [0.1, 0.15) is 11.3 Å². The van der Waals surface area contributed by atoms with Gasteiger partial charge in [-0.3, -0.25) is 4.98 Å². The molecule has 5 rings (SSSR count). The molecule has 1 saturated heterocycles. The lowest BCUT2D eigenvalue weighted by atomic mass is 10.1. The Balaban J connectivity index is 1.38. The fourth-order valence-electron chi connectivity index (χ4n) is 3.71. The smallest absolute Gasteiger partial charge is 0.165 e. The number of fused-ring (bicyclic) bond motifs is 1. The first-order valence-corrected chi connectivity index (χ1v) is 11.9. The maximum Gasteiger partial charge on any atom is 0.165 e. The van der Waals surface area contributed by atoms with Crippen LogP contribution in [0.2, 0.25) is 10.2 Å². The number of hydrogen-bond donors (Lipinski definition) is 2. The SMILES string of the molecule is N#Cc1cnc2cc(OCC3CNC3)c(F)cc2c1Nc1ccc(OCc2cccc(Cl)n2)cc1Cl. The summed E-state index contributed by atoms with van der Waals surface area (Å²) < 4.78 is 26.3. The fourth-order valence-corrected chi connectivity index (χ4v) is 4.11. The largest absolute Gasteiger partial charge is 0.490 e. The third kappa shape index (κ3) is 5.29.